The van der Waals surface area contributed by atoms with Crippen molar-refractivity contribution < 1.29 is 19.4 Å². The zero-order valence-electron chi connectivity index (χ0n) is 12.3. The van der Waals surface area contributed by atoms with E-state index in [0.717, 1.165) is 11.3 Å². The highest BCUT2D eigenvalue weighted by Gasteiger charge is 2.17. The van der Waals surface area contributed by atoms with Crippen molar-refractivity contribution in [1.29, 1.82) is 0 Å². The lowest BCUT2D eigenvalue weighted by atomic mass is 10.1. The summed E-state index contributed by atoms with van der Waals surface area (Å²) >= 11 is 0. The van der Waals surface area contributed by atoms with Crippen LogP contribution in [0, 0.1) is 0 Å². The van der Waals surface area contributed by atoms with Gasteiger partial charge in [0.2, 0.25) is 5.91 Å². The van der Waals surface area contributed by atoms with E-state index in [1.165, 1.54) is 6.08 Å². The first-order chi connectivity index (χ1) is 10.1. The van der Waals surface area contributed by atoms with E-state index in [9.17, 15) is 9.59 Å². The van der Waals surface area contributed by atoms with E-state index in [4.69, 9.17) is 9.84 Å². The summed E-state index contributed by atoms with van der Waals surface area (Å²) < 4.78 is 5.32. The Bertz CT molecular complexity index is 494. The third-order valence-corrected chi connectivity index (χ3v) is 2.81. The lowest BCUT2D eigenvalue weighted by molar-refractivity contribution is -0.141. The maximum absolute atomic E-state index is 11.7. The Balaban J connectivity index is 2.58. The van der Waals surface area contributed by atoms with Gasteiger partial charge in [0, 0.05) is 6.08 Å². The average molecular weight is 291 g/mol. The standard InChI is InChI=1S/C16H21NO4/c1-3-5-14(16(19)20)17-15(18)11-8-12-6-9-13(10-7-12)21-4-2/h6-11,14H,3-5H2,1-2H3,(H,17,18)(H,19,20)/b11-8+/t14-/m0/s1. The molecule has 1 rings (SSSR count). The molecular weight excluding hydrogens is 270 g/mol. The summed E-state index contributed by atoms with van der Waals surface area (Å²) in [6.45, 7) is 4.39. The molecule has 0 aromatic heterocycles. The lowest BCUT2D eigenvalue weighted by Gasteiger charge is -2.11. The molecule has 21 heavy (non-hydrogen) atoms. The van der Waals surface area contributed by atoms with E-state index >= 15 is 0 Å². The quantitative estimate of drug-likeness (QED) is 0.721. The predicted octanol–water partition coefficient (Wildman–Crippen LogP) is 2.47. The third kappa shape index (κ3) is 6.12. The van der Waals surface area contributed by atoms with Crippen molar-refractivity contribution >= 4 is 18.0 Å². The van der Waals surface area contributed by atoms with E-state index in [-0.39, 0.29) is 0 Å². The van der Waals surface area contributed by atoms with Gasteiger partial charge in [0.05, 0.1) is 6.61 Å². The number of hydrogen-bond donors (Lipinski definition) is 2. The molecular formula is C16H21NO4. The Morgan fingerprint density at radius 1 is 1.29 bits per heavy atom. The molecule has 2 N–H and O–H groups in total. The number of aliphatic carboxylic acids is 1. The van der Waals surface area contributed by atoms with Crippen LogP contribution in [0.15, 0.2) is 30.3 Å². The number of carbonyl (C=O) groups is 2. The normalized spacial score (nSPS) is 12.1. The van der Waals surface area contributed by atoms with Crippen LogP contribution in [0.25, 0.3) is 6.08 Å². The minimum atomic E-state index is -1.01. The Hall–Kier alpha value is -2.30. The van der Waals surface area contributed by atoms with Crippen LogP contribution in [0.3, 0.4) is 0 Å². The van der Waals surface area contributed by atoms with E-state index in [0.29, 0.717) is 19.4 Å². The Labute approximate surface area is 124 Å². The Kier molecular flexibility index (Phi) is 7.01. The first kappa shape index (κ1) is 16.8. The number of amides is 1. The van der Waals surface area contributed by atoms with Crippen LogP contribution in [0.1, 0.15) is 32.3 Å². The molecule has 0 unspecified atom stereocenters. The van der Waals surface area contributed by atoms with Crippen LogP contribution >= 0.6 is 0 Å². The van der Waals surface area contributed by atoms with Gasteiger partial charge in [-0.1, -0.05) is 25.5 Å². The van der Waals surface area contributed by atoms with Crippen molar-refractivity contribution in [2.24, 2.45) is 0 Å². The Morgan fingerprint density at radius 3 is 2.48 bits per heavy atom. The molecule has 0 aliphatic heterocycles. The molecule has 5 heteroatoms. The molecule has 0 bridgehead atoms. The van der Waals surface area contributed by atoms with Gasteiger partial charge in [-0.25, -0.2) is 4.79 Å². The first-order valence-electron chi connectivity index (χ1n) is 7.01. The van der Waals surface area contributed by atoms with Crippen molar-refractivity contribution in [2.75, 3.05) is 6.61 Å². The molecule has 1 aromatic carbocycles. The first-order valence-corrected chi connectivity index (χ1v) is 7.01. The summed E-state index contributed by atoms with van der Waals surface area (Å²) in [6, 6.07) is 6.45. The average Bonchev–Trinajstić information content (AvgIpc) is 2.46. The van der Waals surface area contributed by atoms with E-state index in [2.05, 4.69) is 5.32 Å². The van der Waals surface area contributed by atoms with Gasteiger partial charge in [0.1, 0.15) is 11.8 Å². The molecule has 1 atom stereocenters. The second-order valence-corrected chi connectivity index (χ2v) is 4.52. The van der Waals surface area contributed by atoms with Crippen LogP contribution in [0.4, 0.5) is 0 Å². The number of carbonyl (C=O) groups excluding carboxylic acids is 1. The largest absolute Gasteiger partial charge is 0.494 e. The predicted molar refractivity (Wildman–Crippen MR) is 81.1 cm³/mol. The minimum Gasteiger partial charge on any atom is -0.494 e. The SMILES string of the molecule is CCC[C@H](NC(=O)/C=C/c1ccc(OCC)cc1)C(=O)O. The molecule has 0 heterocycles. The topological polar surface area (TPSA) is 75.6 Å². The van der Waals surface area contributed by atoms with E-state index < -0.39 is 17.9 Å². The summed E-state index contributed by atoms with van der Waals surface area (Å²) in [4.78, 5) is 22.6. The fraction of sp³-hybridized carbons (Fsp3) is 0.375. The third-order valence-electron chi connectivity index (χ3n) is 2.81. The van der Waals surface area contributed by atoms with Crippen LogP contribution < -0.4 is 10.1 Å². The molecule has 0 radical (unpaired) electrons. The van der Waals surface area contributed by atoms with Gasteiger partial charge in [0.15, 0.2) is 0 Å². The van der Waals surface area contributed by atoms with Gasteiger partial charge in [-0.05, 0) is 37.1 Å². The molecule has 0 saturated carbocycles. The van der Waals surface area contributed by atoms with Gasteiger partial charge < -0.3 is 15.2 Å². The summed E-state index contributed by atoms with van der Waals surface area (Å²) in [7, 11) is 0. The number of nitrogens with one attached hydrogen (secondary N) is 1. The molecule has 5 nitrogen and oxygen atoms in total. The van der Waals surface area contributed by atoms with Crippen LogP contribution in [-0.4, -0.2) is 29.6 Å². The fourth-order valence-corrected chi connectivity index (χ4v) is 1.78. The van der Waals surface area contributed by atoms with E-state index in [1.807, 2.05) is 38.1 Å². The highest BCUT2D eigenvalue weighted by atomic mass is 16.5. The summed E-state index contributed by atoms with van der Waals surface area (Å²) in [6.07, 6.45) is 4.08. The van der Waals surface area contributed by atoms with Gasteiger partial charge >= 0.3 is 5.97 Å². The van der Waals surface area contributed by atoms with Crippen molar-refractivity contribution in [2.45, 2.75) is 32.7 Å². The zero-order valence-corrected chi connectivity index (χ0v) is 12.3. The molecule has 114 valence electrons. The van der Waals surface area contributed by atoms with Gasteiger partial charge in [-0.15, -0.1) is 0 Å². The number of hydrogen-bond acceptors (Lipinski definition) is 3. The second kappa shape index (κ2) is 8.79. The summed E-state index contributed by atoms with van der Waals surface area (Å²) in [5, 5.41) is 11.4. The van der Waals surface area contributed by atoms with Crippen molar-refractivity contribution in [3.05, 3.63) is 35.9 Å². The number of ether oxygens (including phenoxy) is 1. The molecule has 0 aliphatic rings. The molecule has 1 aromatic rings. The van der Waals surface area contributed by atoms with E-state index in [1.54, 1.807) is 6.08 Å². The second-order valence-electron chi connectivity index (χ2n) is 4.52. The highest BCUT2D eigenvalue weighted by molar-refractivity contribution is 5.94. The molecule has 0 spiro atoms. The molecule has 0 fully saturated rings. The van der Waals surface area contributed by atoms with Gasteiger partial charge in [0.25, 0.3) is 0 Å². The van der Waals surface area contributed by atoms with Crippen LogP contribution in [0.2, 0.25) is 0 Å². The zero-order chi connectivity index (χ0) is 15.7. The molecule has 1 amide bonds. The molecule has 0 aliphatic carbocycles. The fourth-order valence-electron chi connectivity index (χ4n) is 1.78. The Morgan fingerprint density at radius 2 is 1.95 bits per heavy atom. The monoisotopic (exact) mass is 291 g/mol. The minimum absolute atomic E-state index is 0.412. The number of carboxylic acids is 1. The number of carboxylic acid groups (broad SMARTS) is 1. The number of rotatable bonds is 8. The maximum atomic E-state index is 11.7. The summed E-state index contributed by atoms with van der Waals surface area (Å²) in [5.41, 5.74) is 0.843. The maximum Gasteiger partial charge on any atom is 0.326 e. The smallest absolute Gasteiger partial charge is 0.326 e. The lowest BCUT2D eigenvalue weighted by Crippen LogP contribution is -2.39. The van der Waals surface area contributed by atoms with Crippen molar-refractivity contribution in [1.82, 2.24) is 5.32 Å². The van der Waals surface area contributed by atoms with Crippen molar-refractivity contribution in [3.8, 4) is 5.75 Å². The summed E-state index contributed by atoms with van der Waals surface area (Å²) in [5.74, 6) is -0.655. The highest BCUT2D eigenvalue weighted by Crippen LogP contribution is 2.13. The van der Waals surface area contributed by atoms with Crippen LogP contribution in [0.5, 0.6) is 5.75 Å². The number of benzene rings is 1. The van der Waals surface area contributed by atoms with Crippen molar-refractivity contribution in [3.63, 3.8) is 0 Å². The molecule has 0 saturated heterocycles. The van der Waals surface area contributed by atoms with Crippen LogP contribution in [-0.2, 0) is 9.59 Å². The van der Waals surface area contributed by atoms with Gasteiger partial charge in [-0.2, -0.15) is 0 Å². The van der Waals surface area contributed by atoms with Gasteiger partial charge in [-0.3, -0.25) is 4.79 Å².